The predicted molar refractivity (Wildman–Crippen MR) is 132 cm³/mol. The molecule has 0 unspecified atom stereocenters. The van der Waals surface area contributed by atoms with Gasteiger partial charge in [-0.15, -0.1) is 0 Å². The SMILES string of the molecule is COCCCc1ccc(CCc2ccc3c(F)c(CCc4cc(F)c(F)c(F)c4)ccc3c2)cc1. The average molecular weight is 481 g/mol. The number of fused-ring (bicyclic) bond motifs is 1. The first-order valence-corrected chi connectivity index (χ1v) is 11.8. The summed E-state index contributed by atoms with van der Waals surface area (Å²) >= 11 is 0. The molecule has 0 radical (unpaired) electrons. The van der Waals surface area contributed by atoms with Crippen molar-refractivity contribution >= 4 is 10.8 Å². The van der Waals surface area contributed by atoms with Crippen LogP contribution in [0.15, 0.2) is 66.7 Å². The second-order valence-corrected chi connectivity index (χ2v) is 8.88. The number of hydrogen-bond donors (Lipinski definition) is 0. The fraction of sp³-hybridized carbons (Fsp3) is 0.267. The highest BCUT2D eigenvalue weighted by Crippen LogP contribution is 2.25. The molecular formula is C30H28F4O. The van der Waals surface area contributed by atoms with E-state index >= 15 is 4.39 Å². The highest BCUT2D eigenvalue weighted by molar-refractivity contribution is 5.84. The largest absolute Gasteiger partial charge is 0.385 e. The number of halogens is 4. The lowest BCUT2D eigenvalue weighted by Crippen LogP contribution is -1.99. The summed E-state index contributed by atoms with van der Waals surface area (Å²) in [5.41, 5.74) is 4.44. The zero-order valence-corrected chi connectivity index (χ0v) is 19.7. The van der Waals surface area contributed by atoms with E-state index in [2.05, 4.69) is 24.3 Å². The van der Waals surface area contributed by atoms with Crippen LogP contribution in [0, 0.1) is 23.3 Å². The molecule has 0 amide bonds. The van der Waals surface area contributed by atoms with Crippen molar-refractivity contribution in [3.63, 3.8) is 0 Å². The number of benzene rings is 4. The fourth-order valence-corrected chi connectivity index (χ4v) is 4.35. The molecule has 0 spiro atoms. The molecule has 0 aliphatic carbocycles. The second-order valence-electron chi connectivity index (χ2n) is 8.88. The van der Waals surface area contributed by atoms with Gasteiger partial charge in [0.25, 0.3) is 0 Å². The van der Waals surface area contributed by atoms with Crippen LogP contribution >= 0.6 is 0 Å². The van der Waals surface area contributed by atoms with Gasteiger partial charge in [0.05, 0.1) is 0 Å². The molecule has 0 saturated carbocycles. The van der Waals surface area contributed by atoms with Gasteiger partial charge in [0.15, 0.2) is 17.5 Å². The van der Waals surface area contributed by atoms with Gasteiger partial charge < -0.3 is 4.74 Å². The number of rotatable bonds is 10. The number of hydrogen-bond acceptors (Lipinski definition) is 1. The summed E-state index contributed by atoms with van der Waals surface area (Å²) in [4.78, 5) is 0. The summed E-state index contributed by atoms with van der Waals surface area (Å²) in [6, 6.07) is 19.9. The van der Waals surface area contributed by atoms with E-state index in [0.717, 1.165) is 55.4 Å². The van der Waals surface area contributed by atoms with E-state index < -0.39 is 17.5 Å². The minimum absolute atomic E-state index is 0.208. The Bertz CT molecular complexity index is 1270. The zero-order valence-electron chi connectivity index (χ0n) is 19.7. The molecule has 4 aromatic carbocycles. The van der Waals surface area contributed by atoms with Gasteiger partial charge in [-0.05, 0) is 83.9 Å². The minimum atomic E-state index is -1.49. The summed E-state index contributed by atoms with van der Waals surface area (Å²) in [7, 11) is 1.71. The second kappa shape index (κ2) is 11.5. The van der Waals surface area contributed by atoms with Crippen LogP contribution in [0.3, 0.4) is 0 Å². The van der Waals surface area contributed by atoms with Crippen LogP contribution in [0.1, 0.15) is 34.2 Å². The molecule has 1 nitrogen and oxygen atoms in total. The Balaban J connectivity index is 1.39. The Morgan fingerprint density at radius 3 is 1.86 bits per heavy atom. The average Bonchev–Trinajstić information content (AvgIpc) is 2.86. The molecule has 0 fully saturated rings. The maximum Gasteiger partial charge on any atom is 0.194 e. The predicted octanol–water partition coefficient (Wildman–Crippen LogP) is 7.55. The minimum Gasteiger partial charge on any atom is -0.385 e. The summed E-state index contributed by atoms with van der Waals surface area (Å²) in [6.07, 6.45) is 4.23. The third-order valence-corrected chi connectivity index (χ3v) is 6.36. The maximum atomic E-state index is 15.1. The lowest BCUT2D eigenvalue weighted by molar-refractivity contribution is 0.195. The van der Waals surface area contributed by atoms with Gasteiger partial charge in [-0.25, -0.2) is 17.6 Å². The number of aryl methyl sites for hydroxylation is 5. The van der Waals surface area contributed by atoms with E-state index in [1.165, 1.54) is 11.1 Å². The third kappa shape index (κ3) is 6.29. The van der Waals surface area contributed by atoms with Crippen molar-refractivity contribution in [1.29, 1.82) is 0 Å². The van der Waals surface area contributed by atoms with Gasteiger partial charge in [0, 0.05) is 19.1 Å². The van der Waals surface area contributed by atoms with Gasteiger partial charge in [-0.1, -0.05) is 54.6 Å². The Kier molecular flexibility index (Phi) is 8.19. The van der Waals surface area contributed by atoms with Crippen LogP contribution in [0.5, 0.6) is 0 Å². The lowest BCUT2D eigenvalue weighted by Gasteiger charge is -2.10. The van der Waals surface area contributed by atoms with E-state index in [0.29, 0.717) is 16.5 Å². The lowest BCUT2D eigenvalue weighted by atomic mass is 9.97. The molecule has 0 aromatic heterocycles. The Morgan fingerprint density at radius 1 is 0.571 bits per heavy atom. The molecule has 0 aliphatic heterocycles. The van der Waals surface area contributed by atoms with E-state index in [4.69, 9.17) is 4.74 Å². The first-order chi connectivity index (χ1) is 16.9. The van der Waals surface area contributed by atoms with Crippen LogP contribution < -0.4 is 0 Å². The monoisotopic (exact) mass is 480 g/mol. The van der Waals surface area contributed by atoms with E-state index in [1.54, 1.807) is 19.2 Å². The molecule has 0 atom stereocenters. The van der Waals surface area contributed by atoms with Crippen molar-refractivity contribution in [2.24, 2.45) is 0 Å². The van der Waals surface area contributed by atoms with E-state index in [-0.39, 0.29) is 18.7 Å². The molecular weight excluding hydrogens is 452 g/mol. The summed E-state index contributed by atoms with van der Waals surface area (Å²) in [5, 5.41) is 1.33. The normalized spacial score (nSPS) is 11.3. The first-order valence-electron chi connectivity index (χ1n) is 11.8. The number of methoxy groups -OCH3 is 1. The summed E-state index contributed by atoms with van der Waals surface area (Å²) in [6.45, 7) is 0.764. The molecule has 0 saturated heterocycles. The first kappa shape index (κ1) is 24.9. The van der Waals surface area contributed by atoms with Crippen molar-refractivity contribution < 1.29 is 22.3 Å². The van der Waals surface area contributed by atoms with Gasteiger partial charge in [0.2, 0.25) is 0 Å². The summed E-state index contributed by atoms with van der Waals surface area (Å²) in [5.74, 6) is -4.29. The molecule has 0 aliphatic rings. The van der Waals surface area contributed by atoms with Crippen LogP contribution in [-0.4, -0.2) is 13.7 Å². The Morgan fingerprint density at radius 2 is 1.17 bits per heavy atom. The zero-order chi connectivity index (χ0) is 24.8. The molecule has 0 bridgehead atoms. The van der Waals surface area contributed by atoms with Gasteiger partial charge in [0.1, 0.15) is 5.82 Å². The summed E-state index contributed by atoms with van der Waals surface area (Å²) < 4.78 is 60.3. The number of ether oxygens (including phenoxy) is 1. The van der Waals surface area contributed by atoms with Crippen molar-refractivity contribution in [2.75, 3.05) is 13.7 Å². The van der Waals surface area contributed by atoms with Gasteiger partial charge >= 0.3 is 0 Å². The molecule has 0 heterocycles. The van der Waals surface area contributed by atoms with Crippen molar-refractivity contribution in [1.82, 2.24) is 0 Å². The van der Waals surface area contributed by atoms with Crippen molar-refractivity contribution in [3.8, 4) is 0 Å². The smallest absolute Gasteiger partial charge is 0.194 e. The molecule has 4 rings (SSSR count). The maximum absolute atomic E-state index is 15.1. The topological polar surface area (TPSA) is 9.23 Å². The van der Waals surface area contributed by atoms with E-state index in [1.807, 2.05) is 18.2 Å². The third-order valence-electron chi connectivity index (χ3n) is 6.36. The quantitative estimate of drug-likeness (QED) is 0.129. The molecule has 0 N–H and O–H groups in total. The molecule has 35 heavy (non-hydrogen) atoms. The Labute approximate surface area is 203 Å². The molecule has 182 valence electrons. The molecule has 4 aromatic rings. The standard InChI is InChI=1S/C30H28F4O/c1-35-16-2-3-20-4-6-21(7-5-20)8-9-22-11-15-26-25(17-22)14-13-24(29(26)33)12-10-23-18-27(31)30(34)28(32)19-23/h4-7,11,13-15,17-19H,2-3,8-10,12,16H2,1H3. The van der Waals surface area contributed by atoms with Crippen LogP contribution in [0.4, 0.5) is 17.6 Å². The molecule has 5 heteroatoms. The van der Waals surface area contributed by atoms with Crippen LogP contribution in [0.2, 0.25) is 0 Å². The Hall–Kier alpha value is -3.18. The van der Waals surface area contributed by atoms with Gasteiger partial charge in [-0.2, -0.15) is 0 Å². The van der Waals surface area contributed by atoms with Gasteiger partial charge in [-0.3, -0.25) is 0 Å². The highest BCUT2D eigenvalue weighted by atomic mass is 19.2. The van der Waals surface area contributed by atoms with Crippen molar-refractivity contribution in [3.05, 3.63) is 118 Å². The fourth-order valence-electron chi connectivity index (χ4n) is 4.35. The van der Waals surface area contributed by atoms with Crippen LogP contribution in [-0.2, 0) is 36.8 Å². The highest BCUT2D eigenvalue weighted by Gasteiger charge is 2.13. The van der Waals surface area contributed by atoms with Crippen LogP contribution in [0.25, 0.3) is 10.8 Å². The van der Waals surface area contributed by atoms with Crippen molar-refractivity contribution in [2.45, 2.75) is 38.5 Å². The van der Waals surface area contributed by atoms with E-state index in [9.17, 15) is 13.2 Å².